The standard InChI is InChI=1S/C21H25NO4/c1-12-16-10-14(21(16,2)3)11-17(12)26-20(25)13-5-4-6-15(9-13)22-18(23)7-8-19(22)24/h4-6,9,12,14,16-17H,7-8,10-11H2,1-3H3/t12-,14+,16+,17+/m1/s1. The number of hydrogen-bond donors (Lipinski definition) is 0. The highest BCUT2D eigenvalue weighted by atomic mass is 16.5. The van der Waals surface area contributed by atoms with Crippen LogP contribution in [0.4, 0.5) is 5.69 Å². The van der Waals surface area contributed by atoms with Gasteiger partial charge in [0.15, 0.2) is 0 Å². The largest absolute Gasteiger partial charge is 0.458 e. The van der Waals surface area contributed by atoms with E-state index in [0.717, 1.165) is 11.3 Å². The number of rotatable bonds is 3. The molecule has 138 valence electrons. The van der Waals surface area contributed by atoms with Gasteiger partial charge in [-0.05, 0) is 54.2 Å². The number of imide groups is 1. The van der Waals surface area contributed by atoms with Crippen LogP contribution in [0.1, 0.15) is 56.8 Å². The highest BCUT2D eigenvalue weighted by Crippen LogP contribution is 2.61. The van der Waals surface area contributed by atoms with E-state index in [1.807, 2.05) is 0 Å². The molecule has 3 aliphatic carbocycles. The maximum atomic E-state index is 12.7. The van der Waals surface area contributed by atoms with E-state index in [-0.39, 0.29) is 36.7 Å². The molecule has 4 atom stereocenters. The molecule has 1 heterocycles. The lowest BCUT2D eigenvalue weighted by Crippen LogP contribution is -2.57. The van der Waals surface area contributed by atoms with E-state index in [4.69, 9.17) is 4.74 Å². The Morgan fingerprint density at radius 3 is 2.46 bits per heavy atom. The van der Waals surface area contributed by atoms with E-state index in [1.54, 1.807) is 24.3 Å². The number of esters is 1. The number of fused-ring (bicyclic) bond motifs is 2. The van der Waals surface area contributed by atoms with E-state index in [0.29, 0.717) is 34.4 Å². The van der Waals surface area contributed by atoms with Gasteiger partial charge in [-0.3, -0.25) is 14.5 Å². The monoisotopic (exact) mass is 355 g/mol. The molecule has 0 spiro atoms. The molecule has 5 rings (SSSR count). The normalized spacial score (nSPS) is 32.3. The lowest BCUT2D eigenvalue weighted by molar-refractivity contribution is -0.156. The van der Waals surface area contributed by atoms with Crippen molar-refractivity contribution in [3.8, 4) is 0 Å². The van der Waals surface area contributed by atoms with Crippen molar-refractivity contribution in [3.05, 3.63) is 29.8 Å². The number of carbonyl (C=O) groups excluding carboxylic acids is 3. The van der Waals surface area contributed by atoms with E-state index in [9.17, 15) is 14.4 Å². The molecule has 2 bridgehead atoms. The van der Waals surface area contributed by atoms with Crippen molar-refractivity contribution in [2.45, 2.75) is 52.6 Å². The van der Waals surface area contributed by atoms with Gasteiger partial charge in [-0.25, -0.2) is 4.79 Å². The Morgan fingerprint density at radius 2 is 1.85 bits per heavy atom. The molecule has 3 saturated carbocycles. The average molecular weight is 355 g/mol. The first-order chi connectivity index (χ1) is 12.3. The van der Waals surface area contributed by atoms with Crippen molar-refractivity contribution in [1.29, 1.82) is 0 Å². The maximum absolute atomic E-state index is 12.7. The van der Waals surface area contributed by atoms with Crippen molar-refractivity contribution in [1.82, 2.24) is 0 Å². The van der Waals surface area contributed by atoms with Gasteiger partial charge >= 0.3 is 5.97 Å². The van der Waals surface area contributed by atoms with Crippen molar-refractivity contribution in [3.63, 3.8) is 0 Å². The van der Waals surface area contributed by atoms with Gasteiger partial charge in [-0.2, -0.15) is 0 Å². The third-order valence-electron chi connectivity index (χ3n) is 6.93. The summed E-state index contributed by atoms with van der Waals surface area (Å²) in [7, 11) is 0. The summed E-state index contributed by atoms with van der Waals surface area (Å²) in [5.41, 5.74) is 1.19. The average Bonchev–Trinajstić information content (AvgIpc) is 2.94. The van der Waals surface area contributed by atoms with Gasteiger partial charge in [0.1, 0.15) is 6.10 Å². The number of anilines is 1. The third-order valence-corrected chi connectivity index (χ3v) is 6.93. The lowest BCUT2D eigenvalue weighted by atomic mass is 9.45. The Morgan fingerprint density at radius 1 is 1.15 bits per heavy atom. The summed E-state index contributed by atoms with van der Waals surface area (Å²) >= 11 is 0. The van der Waals surface area contributed by atoms with Gasteiger partial charge < -0.3 is 4.74 Å². The van der Waals surface area contributed by atoms with Crippen LogP contribution in [-0.4, -0.2) is 23.9 Å². The smallest absolute Gasteiger partial charge is 0.338 e. The highest BCUT2D eigenvalue weighted by Gasteiger charge is 2.57. The predicted molar refractivity (Wildman–Crippen MR) is 96.5 cm³/mol. The zero-order valence-corrected chi connectivity index (χ0v) is 15.5. The maximum Gasteiger partial charge on any atom is 0.338 e. The number of nitrogens with zero attached hydrogens (tertiary/aromatic N) is 1. The summed E-state index contributed by atoms with van der Waals surface area (Å²) in [6.45, 7) is 6.81. The number of benzene rings is 1. The van der Waals surface area contributed by atoms with Gasteiger partial charge in [0.2, 0.25) is 11.8 Å². The molecule has 5 nitrogen and oxygen atoms in total. The van der Waals surface area contributed by atoms with Crippen LogP contribution in [0.2, 0.25) is 0 Å². The fraction of sp³-hybridized carbons (Fsp3) is 0.571. The van der Waals surface area contributed by atoms with Crippen LogP contribution in [0.3, 0.4) is 0 Å². The molecule has 1 aliphatic heterocycles. The Kier molecular flexibility index (Phi) is 3.94. The fourth-order valence-electron chi connectivity index (χ4n) is 5.10. The quantitative estimate of drug-likeness (QED) is 0.614. The molecule has 5 heteroatoms. The fourth-order valence-corrected chi connectivity index (χ4v) is 5.10. The third kappa shape index (κ3) is 2.56. The van der Waals surface area contributed by atoms with Crippen molar-refractivity contribution in [2.75, 3.05) is 4.90 Å². The number of ether oxygens (including phenoxy) is 1. The first-order valence-corrected chi connectivity index (χ1v) is 9.46. The summed E-state index contributed by atoms with van der Waals surface area (Å²) in [5.74, 6) is 0.760. The number of amides is 2. The Balaban J connectivity index is 1.49. The summed E-state index contributed by atoms with van der Waals surface area (Å²) in [5, 5.41) is 0. The molecular formula is C21H25NO4. The molecule has 1 aromatic carbocycles. The molecule has 1 saturated heterocycles. The molecule has 0 unspecified atom stereocenters. The second kappa shape index (κ2) is 5.93. The van der Waals surface area contributed by atoms with Crippen LogP contribution in [0.15, 0.2) is 24.3 Å². The Bertz CT molecular complexity index is 768. The van der Waals surface area contributed by atoms with Crippen molar-refractivity contribution in [2.24, 2.45) is 23.2 Å². The molecule has 26 heavy (non-hydrogen) atoms. The van der Waals surface area contributed by atoms with Gasteiger partial charge in [0.05, 0.1) is 11.3 Å². The second-order valence-electron chi connectivity index (χ2n) is 8.57. The molecule has 4 fully saturated rings. The van der Waals surface area contributed by atoms with Gasteiger partial charge in [-0.1, -0.05) is 26.8 Å². The minimum absolute atomic E-state index is 0.0574. The van der Waals surface area contributed by atoms with E-state index in [1.165, 1.54) is 6.42 Å². The van der Waals surface area contributed by atoms with Gasteiger partial charge in [-0.15, -0.1) is 0 Å². The lowest BCUT2D eigenvalue weighted by Gasteiger charge is -2.61. The van der Waals surface area contributed by atoms with E-state index >= 15 is 0 Å². The van der Waals surface area contributed by atoms with Gasteiger partial charge in [0, 0.05) is 12.8 Å². The summed E-state index contributed by atoms with van der Waals surface area (Å²) in [6.07, 6.45) is 2.55. The SMILES string of the molecule is C[C@H]1[C@@H](OC(=O)c2cccc(N3C(=O)CCC3=O)c2)C[C@@H]2C[C@@H]1C2(C)C. The summed E-state index contributed by atoms with van der Waals surface area (Å²) < 4.78 is 5.83. The minimum Gasteiger partial charge on any atom is -0.458 e. The number of carbonyl (C=O) groups is 3. The predicted octanol–water partition coefficient (Wildman–Crippen LogP) is 3.57. The Labute approximate surface area is 153 Å². The minimum atomic E-state index is -0.373. The molecule has 4 aliphatic rings. The zero-order valence-electron chi connectivity index (χ0n) is 15.5. The van der Waals surface area contributed by atoms with Crippen LogP contribution in [-0.2, 0) is 14.3 Å². The van der Waals surface area contributed by atoms with Gasteiger partial charge in [0.25, 0.3) is 0 Å². The van der Waals surface area contributed by atoms with Crippen molar-refractivity contribution < 1.29 is 19.1 Å². The summed E-state index contributed by atoms with van der Waals surface area (Å²) in [6, 6.07) is 6.63. The molecule has 1 aromatic rings. The van der Waals surface area contributed by atoms with Crippen LogP contribution >= 0.6 is 0 Å². The van der Waals surface area contributed by atoms with Crippen LogP contribution < -0.4 is 4.90 Å². The van der Waals surface area contributed by atoms with E-state index in [2.05, 4.69) is 20.8 Å². The molecule has 0 aromatic heterocycles. The van der Waals surface area contributed by atoms with E-state index < -0.39 is 0 Å². The topological polar surface area (TPSA) is 63.7 Å². The van der Waals surface area contributed by atoms with Crippen LogP contribution in [0.5, 0.6) is 0 Å². The van der Waals surface area contributed by atoms with Crippen molar-refractivity contribution >= 4 is 23.5 Å². The number of hydrogen-bond acceptors (Lipinski definition) is 4. The zero-order chi connectivity index (χ0) is 18.6. The second-order valence-corrected chi connectivity index (χ2v) is 8.57. The summed E-state index contributed by atoms with van der Waals surface area (Å²) in [4.78, 5) is 37.7. The first kappa shape index (κ1) is 17.3. The highest BCUT2D eigenvalue weighted by molar-refractivity contribution is 6.20. The molecular weight excluding hydrogens is 330 g/mol. The Hall–Kier alpha value is -2.17. The van der Waals surface area contributed by atoms with Crippen LogP contribution in [0, 0.1) is 23.2 Å². The molecule has 0 radical (unpaired) electrons. The first-order valence-electron chi connectivity index (χ1n) is 9.46. The van der Waals surface area contributed by atoms with Crippen LogP contribution in [0.25, 0.3) is 0 Å². The molecule has 2 amide bonds. The molecule has 0 N–H and O–H groups in total.